The number of hydrogen-bond acceptors (Lipinski definition) is 3. The number of amides is 1. The molecule has 0 bridgehead atoms. The number of rotatable bonds is 7. The molecule has 4 heteroatoms. The smallest absolute Gasteiger partial charge is 0.222 e. The van der Waals surface area contributed by atoms with Crippen molar-refractivity contribution in [2.75, 3.05) is 26.8 Å². The molecule has 2 N–H and O–H groups in total. The third-order valence-corrected chi connectivity index (χ3v) is 1.91. The van der Waals surface area contributed by atoms with Crippen LogP contribution in [0.25, 0.3) is 0 Å². The molecular formula is C9H19NO3. The van der Waals surface area contributed by atoms with Crippen molar-refractivity contribution < 1.29 is 15.0 Å². The highest BCUT2D eigenvalue weighted by atomic mass is 16.3. The number of unbranched alkanes of at least 4 members (excludes halogenated alkanes) is 2. The molecule has 0 aromatic rings. The van der Waals surface area contributed by atoms with Crippen molar-refractivity contribution in [1.29, 1.82) is 0 Å². The topological polar surface area (TPSA) is 60.8 Å². The maximum absolute atomic E-state index is 11.2. The van der Waals surface area contributed by atoms with Crippen molar-refractivity contribution in [3.63, 3.8) is 0 Å². The maximum atomic E-state index is 11.2. The fourth-order valence-electron chi connectivity index (χ4n) is 1.03. The van der Waals surface area contributed by atoms with Gasteiger partial charge >= 0.3 is 0 Å². The summed E-state index contributed by atoms with van der Waals surface area (Å²) in [7, 11) is 1.69. The first kappa shape index (κ1) is 12.4. The quantitative estimate of drug-likeness (QED) is 0.554. The van der Waals surface area contributed by atoms with Crippen LogP contribution < -0.4 is 0 Å². The van der Waals surface area contributed by atoms with Crippen LogP contribution in [0.1, 0.15) is 25.7 Å². The van der Waals surface area contributed by atoms with Crippen LogP contribution in [-0.2, 0) is 4.79 Å². The van der Waals surface area contributed by atoms with Crippen molar-refractivity contribution in [2.45, 2.75) is 25.7 Å². The van der Waals surface area contributed by atoms with Gasteiger partial charge in [-0.3, -0.25) is 4.79 Å². The van der Waals surface area contributed by atoms with Gasteiger partial charge in [-0.05, 0) is 12.8 Å². The Balaban J connectivity index is 3.38. The van der Waals surface area contributed by atoms with Crippen molar-refractivity contribution in [1.82, 2.24) is 4.90 Å². The van der Waals surface area contributed by atoms with E-state index >= 15 is 0 Å². The molecule has 0 aliphatic rings. The summed E-state index contributed by atoms with van der Waals surface area (Å²) in [6.45, 7) is 0.610. The third-order valence-electron chi connectivity index (χ3n) is 1.91. The zero-order valence-corrected chi connectivity index (χ0v) is 8.20. The van der Waals surface area contributed by atoms with Crippen LogP contribution in [0.15, 0.2) is 0 Å². The summed E-state index contributed by atoms with van der Waals surface area (Å²) in [6.07, 6.45) is 2.97. The van der Waals surface area contributed by atoms with Gasteiger partial charge in [0.25, 0.3) is 0 Å². The molecule has 13 heavy (non-hydrogen) atoms. The van der Waals surface area contributed by atoms with Gasteiger partial charge in [0.1, 0.15) is 0 Å². The van der Waals surface area contributed by atoms with Gasteiger partial charge in [-0.1, -0.05) is 6.42 Å². The van der Waals surface area contributed by atoms with Gasteiger partial charge in [-0.25, -0.2) is 0 Å². The van der Waals surface area contributed by atoms with Gasteiger partial charge < -0.3 is 15.1 Å². The van der Waals surface area contributed by atoms with Crippen LogP contribution in [0.4, 0.5) is 0 Å². The summed E-state index contributed by atoms with van der Waals surface area (Å²) in [6, 6.07) is 0. The van der Waals surface area contributed by atoms with Gasteiger partial charge in [0.2, 0.25) is 5.91 Å². The molecule has 0 fully saturated rings. The number of likely N-dealkylation sites (N-methyl/N-ethyl adjacent to an activating group) is 1. The van der Waals surface area contributed by atoms with Crippen molar-refractivity contribution >= 4 is 5.91 Å². The minimum absolute atomic E-state index is 0.0128. The van der Waals surface area contributed by atoms with E-state index in [0.29, 0.717) is 13.0 Å². The molecule has 1 amide bonds. The first-order valence-electron chi connectivity index (χ1n) is 4.68. The minimum atomic E-state index is 0.0128. The monoisotopic (exact) mass is 189 g/mol. The maximum Gasteiger partial charge on any atom is 0.222 e. The van der Waals surface area contributed by atoms with Gasteiger partial charge in [0.05, 0.1) is 6.61 Å². The van der Waals surface area contributed by atoms with Crippen LogP contribution >= 0.6 is 0 Å². The Bertz CT molecular complexity index is 139. The first-order chi connectivity index (χ1) is 6.22. The molecule has 0 aliphatic heterocycles. The van der Waals surface area contributed by atoms with E-state index in [4.69, 9.17) is 10.2 Å². The van der Waals surface area contributed by atoms with Crippen LogP contribution in [0.2, 0.25) is 0 Å². The summed E-state index contributed by atoms with van der Waals surface area (Å²) < 4.78 is 0. The van der Waals surface area contributed by atoms with Gasteiger partial charge in [0.15, 0.2) is 0 Å². The second-order valence-electron chi connectivity index (χ2n) is 3.07. The van der Waals surface area contributed by atoms with E-state index < -0.39 is 0 Å². The average Bonchev–Trinajstić information content (AvgIpc) is 2.12. The molecule has 0 atom stereocenters. The molecule has 0 saturated heterocycles. The van der Waals surface area contributed by atoms with E-state index in [2.05, 4.69) is 0 Å². The molecule has 0 aromatic heterocycles. The molecule has 0 aliphatic carbocycles. The number of carbonyl (C=O) groups excluding carboxylic acids is 1. The van der Waals surface area contributed by atoms with E-state index in [1.807, 2.05) is 0 Å². The first-order valence-corrected chi connectivity index (χ1v) is 4.68. The third kappa shape index (κ3) is 6.54. The number of aliphatic hydroxyl groups excluding tert-OH is 2. The SMILES string of the molecule is CN(CCO)C(=O)CCCCCO. The van der Waals surface area contributed by atoms with Crippen LogP contribution in [0, 0.1) is 0 Å². The highest BCUT2D eigenvalue weighted by molar-refractivity contribution is 5.75. The Hall–Kier alpha value is -0.610. The van der Waals surface area contributed by atoms with Gasteiger partial charge in [0, 0.05) is 26.6 Å². The molecule has 0 radical (unpaired) electrons. The lowest BCUT2D eigenvalue weighted by atomic mass is 10.2. The Morgan fingerprint density at radius 2 is 1.85 bits per heavy atom. The molecule has 78 valence electrons. The highest BCUT2D eigenvalue weighted by Crippen LogP contribution is 2.01. The fourth-order valence-corrected chi connectivity index (χ4v) is 1.03. The normalized spacial score (nSPS) is 10.1. The summed E-state index contributed by atoms with van der Waals surface area (Å²) in [5.41, 5.74) is 0. The summed E-state index contributed by atoms with van der Waals surface area (Å²) in [4.78, 5) is 12.8. The van der Waals surface area contributed by atoms with Crippen LogP contribution in [0.3, 0.4) is 0 Å². The van der Waals surface area contributed by atoms with Crippen molar-refractivity contribution in [3.05, 3.63) is 0 Å². The largest absolute Gasteiger partial charge is 0.396 e. The predicted molar refractivity (Wildman–Crippen MR) is 50.3 cm³/mol. The standard InChI is InChI=1S/C9H19NO3/c1-10(6-8-12)9(13)5-3-2-4-7-11/h11-12H,2-8H2,1H3. The van der Waals surface area contributed by atoms with E-state index in [9.17, 15) is 4.79 Å². The minimum Gasteiger partial charge on any atom is -0.396 e. The number of aliphatic hydroxyl groups is 2. The summed E-state index contributed by atoms with van der Waals surface area (Å²) in [5.74, 6) is 0.0620. The summed E-state index contributed by atoms with van der Waals surface area (Å²) in [5, 5.41) is 17.1. The molecule has 4 nitrogen and oxygen atoms in total. The molecule has 0 rings (SSSR count). The lowest BCUT2D eigenvalue weighted by Gasteiger charge is -2.15. The Morgan fingerprint density at radius 1 is 1.15 bits per heavy atom. The van der Waals surface area contributed by atoms with Gasteiger partial charge in [-0.15, -0.1) is 0 Å². The van der Waals surface area contributed by atoms with Crippen molar-refractivity contribution in [3.8, 4) is 0 Å². The van der Waals surface area contributed by atoms with E-state index in [1.165, 1.54) is 4.90 Å². The van der Waals surface area contributed by atoms with Crippen molar-refractivity contribution in [2.24, 2.45) is 0 Å². The molecule has 0 saturated carbocycles. The summed E-state index contributed by atoms with van der Waals surface area (Å²) >= 11 is 0. The van der Waals surface area contributed by atoms with E-state index in [1.54, 1.807) is 7.05 Å². The number of carbonyl (C=O) groups is 1. The Morgan fingerprint density at radius 3 is 2.38 bits per heavy atom. The van der Waals surface area contributed by atoms with Gasteiger partial charge in [-0.2, -0.15) is 0 Å². The lowest BCUT2D eigenvalue weighted by Crippen LogP contribution is -2.29. The lowest BCUT2D eigenvalue weighted by molar-refractivity contribution is -0.130. The Kier molecular flexibility index (Phi) is 7.63. The highest BCUT2D eigenvalue weighted by Gasteiger charge is 2.06. The van der Waals surface area contributed by atoms with Crippen LogP contribution in [-0.4, -0.2) is 47.8 Å². The molecule has 0 unspecified atom stereocenters. The number of hydrogen-bond donors (Lipinski definition) is 2. The second-order valence-corrected chi connectivity index (χ2v) is 3.07. The predicted octanol–water partition coefficient (Wildman–Crippen LogP) is -0.0102. The molecule has 0 aromatic carbocycles. The molecule has 0 heterocycles. The zero-order valence-electron chi connectivity index (χ0n) is 8.20. The van der Waals surface area contributed by atoms with E-state index in [-0.39, 0.29) is 19.1 Å². The molecule has 0 spiro atoms. The fraction of sp³-hybridized carbons (Fsp3) is 0.889. The number of nitrogens with zero attached hydrogens (tertiary/aromatic N) is 1. The van der Waals surface area contributed by atoms with Crippen LogP contribution in [0.5, 0.6) is 0 Å². The average molecular weight is 189 g/mol. The zero-order chi connectivity index (χ0) is 10.1. The second kappa shape index (κ2) is 8.01. The molecular weight excluding hydrogens is 170 g/mol. The van der Waals surface area contributed by atoms with E-state index in [0.717, 1.165) is 19.3 Å². The Labute approximate surface area is 79.2 Å².